The summed E-state index contributed by atoms with van der Waals surface area (Å²) < 4.78 is 105. The predicted molar refractivity (Wildman–Crippen MR) is 66.6 cm³/mol. The maximum Gasteiger partial charge on any atom is 0.381 e. The third-order valence-corrected chi connectivity index (χ3v) is 3.03. The van der Waals surface area contributed by atoms with Gasteiger partial charge in [-0.2, -0.15) is 26.3 Å². The number of hydrogen-bond donors (Lipinski definition) is 0. The van der Waals surface area contributed by atoms with Crippen molar-refractivity contribution in [3.8, 4) is 0 Å². The third-order valence-electron chi connectivity index (χ3n) is 3.03. The molecule has 1 rings (SSSR count). The second-order valence-electron chi connectivity index (χ2n) is 4.85. The normalized spacial score (nSPS) is 13.2. The highest BCUT2D eigenvalue weighted by atomic mass is 19.4. The van der Waals surface area contributed by atoms with Gasteiger partial charge in [-0.05, 0) is 12.0 Å². The van der Waals surface area contributed by atoms with E-state index in [1.807, 2.05) is 0 Å². The van der Waals surface area contributed by atoms with Gasteiger partial charge in [-0.1, -0.05) is 30.3 Å². The first-order valence-electron chi connectivity index (χ1n) is 6.53. The van der Waals surface area contributed by atoms with Gasteiger partial charge in [0, 0.05) is 6.42 Å². The van der Waals surface area contributed by atoms with Gasteiger partial charge in [0.1, 0.15) is 0 Å². The first-order chi connectivity index (χ1) is 10.9. The molecule has 0 aliphatic carbocycles. The lowest BCUT2D eigenvalue weighted by molar-refractivity contribution is -0.344. The lowest BCUT2D eigenvalue weighted by atomic mass is 10.1. The molecule has 0 aliphatic rings. The molecule has 10 heteroatoms. The lowest BCUT2D eigenvalue weighted by Crippen LogP contribution is -2.59. The summed E-state index contributed by atoms with van der Waals surface area (Å²) in [6, 6.07) is 8.12. The number of rotatable bonds is 8. The Hall–Kier alpha value is -1.87. The Labute approximate surface area is 131 Å². The summed E-state index contributed by atoms with van der Waals surface area (Å²) in [5, 5.41) is 0. The minimum absolute atomic E-state index is 0.0365. The molecule has 0 aliphatic heterocycles. The highest BCUT2D eigenvalue weighted by molar-refractivity contribution is 5.69. The van der Waals surface area contributed by atoms with Crippen LogP contribution in [0, 0.1) is 0 Å². The Balaban J connectivity index is 2.62. The maximum absolute atomic E-state index is 13.1. The van der Waals surface area contributed by atoms with Crippen LogP contribution >= 0.6 is 0 Å². The number of carbonyl (C=O) groups is 1. The van der Waals surface area contributed by atoms with Crippen LogP contribution in [0.2, 0.25) is 0 Å². The van der Waals surface area contributed by atoms with Gasteiger partial charge < -0.3 is 4.74 Å². The van der Waals surface area contributed by atoms with Crippen molar-refractivity contribution >= 4 is 5.97 Å². The molecule has 0 saturated carbocycles. The molecule has 24 heavy (non-hydrogen) atoms. The fourth-order valence-corrected chi connectivity index (χ4v) is 1.61. The molecule has 0 spiro atoms. The van der Waals surface area contributed by atoms with Crippen LogP contribution in [0.15, 0.2) is 30.3 Å². The summed E-state index contributed by atoms with van der Waals surface area (Å²) in [4.78, 5) is 11.2. The zero-order chi connectivity index (χ0) is 18.6. The van der Waals surface area contributed by atoms with Crippen LogP contribution in [0.25, 0.3) is 0 Å². The predicted octanol–water partition coefficient (Wildman–Crippen LogP) is 4.33. The molecule has 136 valence electrons. The second-order valence-corrected chi connectivity index (χ2v) is 4.85. The van der Waals surface area contributed by atoms with Gasteiger partial charge in [-0.25, -0.2) is 8.78 Å². The van der Waals surface area contributed by atoms with Crippen LogP contribution < -0.4 is 0 Å². The average Bonchev–Trinajstić information content (AvgIpc) is 2.51. The van der Waals surface area contributed by atoms with E-state index in [1.165, 1.54) is 0 Å². The summed E-state index contributed by atoms with van der Waals surface area (Å²) in [6.45, 7) is -2.43. The molecule has 1 aromatic carbocycles. The van der Waals surface area contributed by atoms with Crippen LogP contribution in [-0.4, -0.2) is 36.8 Å². The minimum atomic E-state index is -6.38. The van der Waals surface area contributed by atoms with E-state index in [-0.39, 0.29) is 6.42 Å². The summed E-state index contributed by atoms with van der Waals surface area (Å²) >= 11 is 0. The van der Waals surface area contributed by atoms with E-state index in [1.54, 1.807) is 30.3 Å². The average molecular weight is 364 g/mol. The SMILES string of the molecule is O=C(CCc1ccccc1)OCC(F)(F)C(F)(F)C(F)(F)C(F)F. The van der Waals surface area contributed by atoms with Gasteiger partial charge in [-0.3, -0.25) is 4.79 Å². The summed E-state index contributed by atoms with van der Waals surface area (Å²) in [7, 11) is 0. The number of hydrogen-bond acceptors (Lipinski definition) is 2. The summed E-state index contributed by atoms with van der Waals surface area (Å²) in [5.41, 5.74) is 0.621. The topological polar surface area (TPSA) is 26.3 Å². The highest BCUT2D eigenvalue weighted by Gasteiger charge is 2.75. The van der Waals surface area contributed by atoms with Crippen molar-refractivity contribution in [1.29, 1.82) is 0 Å². The molecule has 0 amide bonds. The van der Waals surface area contributed by atoms with Crippen molar-refractivity contribution in [3.63, 3.8) is 0 Å². The van der Waals surface area contributed by atoms with Crippen LogP contribution in [0.4, 0.5) is 35.1 Å². The number of esters is 1. The van der Waals surface area contributed by atoms with Crippen molar-refractivity contribution in [2.45, 2.75) is 37.0 Å². The van der Waals surface area contributed by atoms with Crippen molar-refractivity contribution in [2.24, 2.45) is 0 Å². The first-order valence-corrected chi connectivity index (χ1v) is 6.53. The number of benzene rings is 1. The molecular weight excluding hydrogens is 352 g/mol. The van der Waals surface area contributed by atoms with E-state index in [0.29, 0.717) is 5.56 Å². The zero-order valence-corrected chi connectivity index (χ0v) is 11.9. The lowest BCUT2D eigenvalue weighted by Gasteiger charge is -2.31. The molecule has 0 fully saturated rings. The molecule has 1 aromatic rings. The third kappa shape index (κ3) is 4.35. The molecule has 0 bridgehead atoms. The van der Waals surface area contributed by atoms with Crippen LogP contribution in [0.3, 0.4) is 0 Å². The Kier molecular flexibility index (Phi) is 6.18. The van der Waals surface area contributed by atoms with Crippen LogP contribution in [-0.2, 0) is 16.0 Å². The van der Waals surface area contributed by atoms with E-state index in [0.717, 1.165) is 0 Å². The van der Waals surface area contributed by atoms with Crippen molar-refractivity contribution in [1.82, 2.24) is 0 Å². The van der Waals surface area contributed by atoms with Gasteiger partial charge in [0.05, 0.1) is 0 Å². The van der Waals surface area contributed by atoms with Crippen molar-refractivity contribution in [3.05, 3.63) is 35.9 Å². The van der Waals surface area contributed by atoms with Gasteiger partial charge in [0.25, 0.3) is 0 Å². The monoisotopic (exact) mass is 364 g/mol. The van der Waals surface area contributed by atoms with Gasteiger partial charge in [0.15, 0.2) is 6.61 Å². The van der Waals surface area contributed by atoms with Crippen LogP contribution in [0.1, 0.15) is 12.0 Å². The van der Waals surface area contributed by atoms with E-state index >= 15 is 0 Å². The maximum atomic E-state index is 13.1. The molecule has 2 nitrogen and oxygen atoms in total. The van der Waals surface area contributed by atoms with E-state index in [2.05, 4.69) is 4.74 Å². The zero-order valence-electron chi connectivity index (χ0n) is 11.9. The molecule has 0 N–H and O–H groups in total. The number of carbonyl (C=O) groups excluding carboxylic acids is 1. The number of aryl methyl sites for hydroxylation is 1. The smallest absolute Gasteiger partial charge is 0.381 e. The van der Waals surface area contributed by atoms with Crippen molar-refractivity contribution < 1.29 is 44.7 Å². The number of halogens is 8. The van der Waals surface area contributed by atoms with Gasteiger partial charge >= 0.3 is 30.2 Å². The molecule has 0 heterocycles. The second kappa shape index (κ2) is 7.35. The van der Waals surface area contributed by atoms with E-state index < -0.39 is 43.2 Å². The Bertz CT molecular complexity index is 545. The molecule has 0 radical (unpaired) electrons. The Morgan fingerprint density at radius 1 is 1.00 bits per heavy atom. The van der Waals surface area contributed by atoms with E-state index in [4.69, 9.17) is 0 Å². The largest absolute Gasteiger partial charge is 0.459 e. The highest BCUT2D eigenvalue weighted by Crippen LogP contribution is 2.48. The molecule has 0 aromatic heterocycles. The van der Waals surface area contributed by atoms with Crippen LogP contribution in [0.5, 0.6) is 0 Å². The molecule has 0 saturated heterocycles. The fourth-order valence-electron chi connectivity index (χ4n) is 1.61. The summed E-state index contributed by atoms with van der Waals surface area (Å²) in [6.07, 6.45) is -5.45. The molecule has 0 atom stereocenters. The number of ether oxygens (including phenoxy) is 1. The first kappa shape index (κ1) is 20.2. The number of alkyl halides is 8. The van der Waals surface area contributed by atoms with Crippen molar-refractivity contribution in [2.75, 3.05) is 6.61 Å². The van der Waals surface area contributed by atoms with E-state index in [9.17, 15) is 39.9 Å². The summed E-state index contributed by atoms with van der Waals surface area (Å²) in [5.74, 6) is -19.7. The quantitative estimate of drug-likeness (QED) is 0.507. The standard InChI is InChI=1S/C14H12F8O2/c15-11(16)13(19,20)14(21,22)12(17,18)8-24-10(23)7-6-9-4-2-1-3-5-9/h1-5,11H,6-8H2. The van der Waals surface area contributed by atoms with Gasteiger partial charge in [0.2, 0.25) is 0 Å². The Morgan fingerprint density at radius 2 is 1.54 bits per heavy atom. The fraction of sp³-hybridized carbons (Fsp3) is 0.500. The minimum Gasteiger partial charge on any atom is -0.459 e. The Morgan fingerprint density at radius 3 is 2.04 bits per heavy atom. The molecular formula is C14H12F8O2. The molecule has 0 unspecified atom stereocenters. The van der Waals surface area contributed by atoms with Gasteiger partial charge in [-0.15, -0.1) is 0 Å².